The van der Waals surface area contributed by atoms with E-state index in [1.165, 1.54) is 18.2 Å². The summed E-state index contributed by atoms with van der Waals surface area (Å²) in [6, 6.07) is 5.89. The molecule has 0 spiro atoms. The third-order valence-corrected chi connectivity index (χ3v) is 3.39. The van der Waals surface area contributed by atoms with Gasteiger partial charge in [-0.1, -0.05) is 32.4 Å². The zero-order valence-corrected chi connectivity index (χ0v) is 13.2. The number of nitrogens with zero attached hydrogens (tertiary/aromatic N) is 1. The average molecular weight is 322 g/mol. The molecule has 2 rings (SSSR count). The molecule has 0 bridgehead atoms. The Balaban J connectivity index is 2.17. The summed E-state index contributed by atoms with van der Waals surface area (Å²) in [6.45, 7) is 6.02. The molecule has 1 aromatic carbocycles. The highest BCUT2D eigenvalue weighted by Crippen LogP contribution is 2.23. The van der Waals surface area contributed by atoms with E-state index in [2.05, 4.69) is 15.5 Å². The van der Waals surface area contributed by atoms with Gasteiger partial charge in [-0.2, -0.15) is 5.10 Å². The second kappa shape index (κ2) is 5.81. The average Bonchev–Trinajstić information content (AvgIpc) is 2.87. The van der Waals surface area contributed by atoms with Crippen molar-refractivity contribution >= 4 is 29.2 Å². The summed E-state index contributed by atoms with van der Waals surface area (Å²) >= 11 is 5.86. The highest BCUT2D eigenvalue weighted by molar-refractivity contribution is 6.33. The Morgan fingerprint density at radius 1 is 1.27 bits per heavy atom. The summed E-state index contributed by atoms with van der Waals surface area (Å²) in [6.07, 6.45) is 0. The molecular weight excluding hydrogens is 306 g/mol. The van der Waals surface area contributed by atoms with E-state index in [9.17, 15) is 9.59 Å². The molecule has 1 amide bonds. The van der Waals surface area contributed by atoms with Crippen molar-refractivity contribution in [2.45, 2.75) is 26.2 Å². The molecule has 6 nitrogen and oxygen atoms in total. The number of carboxylic acids is 1. The lowest BCUT2D eigenvalue weighted by Gasteiger charge is -2.14. The van der Waals surface area contributed by atoms with Gasteiger partial charge in [0.15, 0.2) is 5.69 Å². The van der Waals surface area contributed by atoms with Gasteiger partial charge in [0.05, 0.1) is 10.6 Å². The van der Waals surface area contributed by atoms with Crippen LogP contribution in [0.15, 0.2) is 24.3 Å². The predicted octanol–water partition coefficient (Wildman–Crippen LogP) is 3.31. The number of H-pyrrole nitrogens is 1. The van der Waals surface area contributed by atoms with Gasteiger partial charge in [-0.05, 0) is 24.3 Å². The Bertz CT molecular complexity index is 732. The second-order valence-electron chi connectivity index (χ2n) is 5.87. The SMILES string of the molecule is CC(C)(C)c1cc(C(=O)Nc2ccc(C(=O)O)c(Cl)c2)n[nH]1. The van der Waals surface area contributed by atoms with Gasteiger partial charge in [0, 0.05) is 16.8 Å². The number of aromatic carboxylic acids is 1. The topological polar surface area (TPSA) is 95.1 Å². The monoisotopic (exact) mass is 321 g/mol. The van der Waals surface area contributed by atoms with Crippen molar-refractivity contribution in [2.75, 3.05) is 5.32 Å². The minimum absolute atomic E-state index is 0.0190. The van der Waals surface area contributed by atoms with Gasteiger partial charge in [0.1, 0.15) is 0 Å². The van der Waals surface area contributed by atoms with E-state index in [0.29, 0.717) is 5.69 Å². The maximum Gasteiger partial charge on any atom is 0.337 e. The molecule has 0 saturated heterocycles. The van der Waals surface area contributed by atoms with E-state index < -0.39 is 11.9 Å². The first-order valence-corrected chi connectivity index (χ1v) is 6.96. The summed E-state index contributed by atoms with van der Waals surface area (Å²) in [4.78, 5) is 23.0. The van der Waals surface area contributed by atoms with Crippen LogP contribution in [0.1, 0.15) is 47.3 Å². The Hall–Kier alpha value is -2.34. The predicted molar refractivity (Wildman–Crippen MR) is 83.7 cm³/mol. The van der Waals surface area contributed by atoms with Gasteiger partial charge in [0.25, 0.3) is 5.91 Å². The number of carboxylic acid groups (broad SMARTS) is 1. The molecule has 116 valence electrons. The zero-order chi connectivity index (χ0) is 16.5. The van der Waals surface area contributed by atoms with Crippen LogP contribution >= 0.6 is 11.6 Å². The molecule has 7 heteroatoms. The summed E-state index contributed by atoms with van der Waals surface area (Å²) in [5.41, 5.74) is 1.34. The van der Waals surface area contributed by atoms with Gasteiger partial charge in [-0.3, -0.25) is 9.89 Å². The first kappa shape index (κ1) is 16.0. The van der Waals surface area contributed by atoms with E-state index in [-0.39, 0.29) is 21.7 Å². The van der Waals surface area contributed by atoms with Crippen LogP contribution in [-0.4, -0.2) is 27.2 Å². The van der Waals surface area contributed by atoms with E-state index in [1.54, 1.807) is 6.07 Å². The third-order valence-electron chi connectivity index (χ3n) is 3.08. The summed E-state index contributed by atoms with van der Waals surface area (Å²) in [7, 11) is 0. The fraction of sp³-hybridized carbons (Fsp3) is 0.267. The van der Waals surface area contributed by atoms with Gasteiger partial charge < -0.3 is 10.4 Å². The number of rotatable bonds is 3. The number of hydrogen-bond donors (Lipinski definition) is 3. The highest BCUT2D eigenvalue weighted by Gasteiger charge is 2.19. The van der Waals surface area contributed by atoms with Crippen LogP contribution < -0.4 is 5.32 Å². The number of amides is 1. The van der Waals surface area contributed by atoms with Crippen molar-refractivity contribution in [3.63, 3.8) is 0 Å². The molecule has 0 atom stereocenters. The van der Waals surface area contributed by atoms with Crippen molar-refractivity contribution in [2.24, 2.45) is 0 Å². The lowest BCUT2D eigenvalue weighted by atomic mass is 9.92. The van der Waals surface area contributed by atoms with Crippen LogP contribution in [0.4, 0.5) is 5.69 Å². The van der Waals surface area contributed by atoms with E-state index in [4.69, 9.17) is 16.7 Å². The number of benzene rings is 1. The fourth-order valence-corrected chi connectivity index (χ4v) is 2.05. The standard InChI is InChI=1S/C15H16ClN3O3/c1-15(2,3)12-7-11(18-19-12)13(20)17-8-4-5-9(14(21)22)10(16)6-8/h4-7H,1-3H3,(H,17,20)(H,18,19)(H,21,22). The molecule has 22 heavy (non-hydrogen) atoms. The first-order chi connectivity index (χ1) is 10.2. The molecule has 0 fully saturated rings. The van der Waals surface area contributed by atoms with Crippen LogP contribution in [-0.2, 0) is 5.41 Å². The Morgan fingerprint density at radius 2 is 1.95 bits per heavy atom. The number of nitrogens with one attached hydrogen (secondary N) is 2. The second-order valence-corrected chi connectivity index (χ2v) is 6.28. The quantitative estimate of drug-likeness (QED) is 0.808. The van der Waals surface area contributed by atoms with E-state index in [0.717, 1.165) is 5.69 Å². The van der Waals surface area contributed by atoms with Gasteiger partial charge in [-0.25, -0.2) is 4.79 Å². The number of hydrogen-bond acceptors (Lipinski definition) is 3. The molecule has 0 radical (unpaired) electrons. The number of carbonyl (C=O) groups excluding carboxylic acids is 1. The van der Waals surface area contributed by atoms with Crippen LogP contribution in [0, 0.1) is 0 Å². The van der Waals surface area contributed by atoms with Crippen LogP contribution in [0.2, 0.25) is 5.02 Å². The minimum Gasteiger partial charge on any atom is -0.478 e. The van der Waals surface area contributed by atoms with Crippen molar-refractivity contribution in [1.29, 1.82) is 0 Å². The van der Waals surface area contributed by atoms with E-state index >= 15 is 0 Å². The maximum absolute atomic E-state index is 12.1. The van der Waals surface area contributed by atoms with Crippen molar-refractivity contribution < 1.29 is 14.7 Å². The number of anilines is 1. The molecule has 2 aromatic rings. The number of halogens is 1. The summed E-state index contributed by atoms with van der Waals surface area (Å²) in [5.74, 6) is -1.52. The zero-order valence-electron chi connectivity index (χ0n) is 12.4. The van der Waals surface area contributed by atoms with Crippen LogP contribution in [0.3, 0.4) is 0 Å². The molecule has 0 aliphatic heterocycles. The smallest absolute Gasteiger partial charge is 0.337 e. The highest BCUT2D eigenvalue weighted by atomic mass is 35.5. The Labute approximate surface area is 132 Å². The third kappa shape index (κ3) is 3.46. The summed E-state index contributed by atoms with van der Waals surface area (Å²) < 4.78 is 0. The molecular formula is C15H16ClN3O3. The minimum atomic E-state index is -1.12. The number of aromatic nitrogens is 2. The largest absolute Gasteiger partial charge is 0.478 e. The molecule has 0 aliphatic rings. The van der Waals surface area contributed by atoms with Crippen molar-refractivity contribution in [3.05, 3.63) is 46.2 Å². The Morgan fingerprint density at radius 3 is 2.45 bits per heavy atom. The van der Waals surface area contributed by atoms with Crippen LogP contribution in [0.25, 0.3) is 0 Å². The van der Waals surface area contributed by atoms with Gasteiger partial charge >= 0.3 is 5.97 Å². The maximum atomic E-state index is 12.1. The fourth-order valence-electron chi connectivity index (χ4n) is 1.78. The molecule has 0 unspecified atom stereocenters. The molecule has 1 heterocycles. The molecule has 0 aliphatic carbocycles. The molecule has 1 aromatic heterocycles. The Kier molecular flexibility index (Phi) is 4.23. The van der Waals surface area contributed by atoms with Crippen molar-refractivity contribution in [1.82, 2.24) is 10.2 Å². The molecule has 3 N–H and O–H groups in total. The van der Waals surface area contributed by atoms with Gasteiger partial charge in [0.2, 0.25) is 0 Å². The molecule has 0 saturated carbocycles. The van der Waals surface area contributed by atoms with Gasteiger partial charge in [-0.15, -0.1) is 0 Å². The number of carbonyl (C=O) groups is 2. The van der Waals surface area contributed by atoms with Crippen molar-refractivity contribution in [3.8, 4) is 0 Å². The normalized spacial score (nSPS) is 11.3. The lowest BCUT2D eigenvalue weighted by molar-refractivity contribution is 0.0697. The summed E-state index contributed by atoms with van der Waals surface area (Å²) in [5, 5.41) is 18.4. The first-order valence-electron chi connectivity index (χ1n) is 6.58. The number of aromatic amines is 1. The van der Waals surface area contributed by atoms with Crippen LogP contribution in [0.5, 0.6) is 0 Å². The van der Waals surface area contributed by atoms with E-state index in [1.807, 2.05) is 20.8 Å². The lowest BCUT2D eigenvalue weighted by Crippen LogP contribution is -2.13.